The lowest BCUT2D eigenvalue weighted by Crippen LogP contribution is -2.36. The van der Waals surface area contributed by atoms with Gasteiger partial charge in [0.25, 0.3) is 0 Å². The van der Waals surface area contributed by atoms with Crippen LogP contribution in [0.3, 0.4) is 0 Å². The van der Waals surface area contributed by atoms with Gasteiger partial charge in [0, 0.05) is 24.8 Å². The number of rotatable bonds is 4. The molecule has 1 amide bonds. The predicted octanol–water partition coefficient (Wildman–Crippen LogP) is 2.03. The zero-order chi connectivity index (χ0) is 14.5. The van der Waals surface area contributed by atoms with Crippen molar-refractivity contribution in [3.05, 3.63) is 29.8 Å². The Morgan fingerprint density at radius 1 is 1.50 bits per heavy atom. The lowest BCUT2D eigenvalue weighted by atomic mass is 10.1. The van der Waals surface area contributed by atoms with Gasteiger partial charge in [0.05, 0.1) is 13.2 Å². The fourth-order valence-corrected chi connectivity index (χ4v) is 2.51. The number of hydrogen-bond acceptors (Lipinski definition) is 4. The van der Waals surface area contributed by atoms with E-state index in [0.717, 1.165) is 25.9 Å². The molecule has 1 saturated heterocycles. The van der Waals surface area contributed by atoms with Crippen molar-refractivity contribution in [2.24, 2.45) is 5.73 Å². The Bertz CT molecular complexity index is 447. The van der Waals surface area contributed by atoms with E-state index in [9.17, 15) is 4.79 Å². The normalized spacial score (nSPS) is 19.8. The van der Waals surface area contributed by atoms with Gasteiger partial charge in [-0.1, -0.05) is 19.1 Å². The van der Waals surface area contributed by atoms with Gasteiger partial charge < -0.3 is 20.7 Å². The topological polar surface area (TPSA) is 67.6 Å². The second-order valence-electron chi connectivity index (χ2n) is 5.17. The second kappa shape index (κ2) is 6.61. The Balaban J connectivity index is 1.94. The zero-order valence-electron chi connectivity index (χ0n) is 12.1. The molecule has 0 aromatic heterocycles. The minimum Gasteiger partial charge on any atom is -0.453 e. The van der Waals surface area contributed by atoms with Crippen LogP contribution < -0.4 is 16.0 Å². The number of methoxy groups -OCH3 is 1. The Kier molecular flexibility index (Phi) is 4.84. The molecule has 0 aliphatic carbocycles. The number of carbonyl (C=O) groups is 1. The summed E-state index contributed by atoms with van der Waals surface area (Å²) in [5.41, 5.74) is 8.35. The summed E-state index contributed by atoms with van der Waals surface area (Å²) in [6.07, 6.45) is 1.51. The van der Waals surface area contributed by atoms with Crippen LogP contribution in [0.4, 0.5) is 10.5 Å². The summed E-state index contributed by atoms with van der Waals surface area (Å²) in [5.74, 6) is 0. The third kappa shape index (κ3) is 3.42. The van der Waals surface area contributed by atoms with Crippen LogP contribution in [0.25, 0.3) is 0 Å². The largest absolute Gasteiger partial charge is 0.453 e. The first-order valence-electron chi connectivity index (χ1n) is 7.09. The number of ether oxygens (including phenoxy) is 1. The van der Waals surface area contributed by atoms with Gasteiger partial charge in [-0.25, -0.2) is 4.79 Å². The number of nitrogens with zero attached hydrogens (tertiary/aromatic N) is 1. The summed E-state index contributed by atoms with van der Waals surface area (Å²) in [6, 6.07) is 8.64. The van der Waals surface area contributed by atoms with Crippen LogP contribution in [0.15, 0.2) is 24.3 Å². The molecule has 1 aromatic carbocycles. The number of carbonyl (C=O) groups excluding carboxylic acids is 1. The minimum absolute atomic E-state index is 0.108. The number of anilines is 1. The molecule has 20 heavy (non-hydrogen) atoms. The lowest BCUT2D eigenvalue weighted by Gasteiger charge is -2.20. The van der Waals surface area contributed by atoms with Crippen LogP contribution in [-0.4, -0.2) is 32.3 Å². The fraction of sp³-hybridized carbons (Fsp3) is 0.533. The van der Waals surface area contributed by atoms with Gasteiger partial charge in [-0.15, -0.1) is 0 Å². The van der Waals surface area contributed by atoms with E-state index in [2.05, 4.69) is 46.1 Å². The van der Waals surface area contributed by atoms with Crippen molar-refractivity contribution in [1.82, 2.24) is 5.32 Å². The lowest BCUT2D eigenvalue weighted by molar-refractivity contribution is 0.167. The van der Waals surface area contributed by atoms with E-state index in [1.165, 1.54) is 18.4 Å². The molecule has 110 valence electrons. The first-order valence-corrected chi connectivity index (χ1v) is 7.09. The number of amides is 1. The first-order chi connectivity index (χ1) is 9.63. The van der Waals surface area contributed by atoms with Crippen LogP contribution >= 0.6 is 0 Å². The van der Waals surface area contributed by atoms with Crippen molar-refractivity contribution in [3.8, 4) is 0 Å². The summed E-state index contributed by atoms with van der Waals surface area (Å²) in [5, 5.41) is 2.84. The Hall–Kier alpha value is -1.75. The third-order valence-corrected chi connectivity index (χ3v) is 3.82. The molecule has 1 aromatic rings. The van der Waals surface area contributed by atoms with Gasteiger partial charge in [-0.2, -0.15) is 0 Å². The van der Waals surface area contributed by atoms with Crippen LogP contribution in [0.2, 0.25) is 0 Å². The van der Waals surface area contributed by atoms with E-state index in [1.807, 2.05) is 0 Å². The summed E-state index contributed by atoms with van der Waals surface area (Å²) >= 11 is 0. The van der Waals surface area contributed by atoms with Crippen LogP contribution in [-0.2, 0) is 4.74 Å². The molecule has 1 fully saturated rings. The number of alkyl carbamates (subject to hydrolysis) is 1. The van der Waals surface area contributed by atoms with Gasteiger partial charge in [-0.05, 0) is 30.5 Å². The number of nitrogens with one attached hydrogen (secondary N) is 1. The molecule has 1 aliphatic rings. The molecule has 1 heterocycles. The molecular weight excluding hydrogens is 254 g/mol. The maximum absolute atomic E-state index is 11.2. The van der Waals surface area contributed by atoms with E-state index >= 15 is 0 Å². The average Bonchev–Trinajstić information content (AvgIpc) is 2.95. The molecule has 2 atom stereocenters. The molecule has 0 radical (unpaired) electrons. The molecule has 0 spiro atoms. The van der Waals surface area contributed by atoms with Crippen LogP contribution in [0, 0.1) is 0 Å². The Labute approximate surface area is 120 Å². The van der Waals surface area contributed by atoms with Crippen molar-refractivity contribution in [3.63, 3.8) is 0 Å². The molecule has 2 rings (SSSR count). The molecule has 3 N–H and O–H groups in total. The van der Waals surface area contributed by atoms with Gasteiger partial charge >= 0.3 is 6.09 Å². The maximum atomic E-state index is 11.2. The number of benzene rings is 1. The predicted molar refractivity (Wildman–Crippen MR) is 79.8 cm³/mol. The first kappa shape index (κ1) is 14.7. The summed E-state index contributed by atoms with van der Waals surface area (Å²) < 4.78 is 4.63. The average molecular weight is 277 g/mol. The highest BCUT2D eigenvalue weighted by molar-refractivity contribution is 5.67. The van der Waals surface area contributed by atoms with Gasteiger partial charge in [-0.3, -0.25) is 0 Å². The Morgan fingerprint density at radius 3 is 2.80 bits per heavy atom. The van der Waals surface area contributed by atoms with Gasteiger partial charge in [0.1, 0.15) is 0 Å². The van der Waals surface area contributed by atoms with Crippen LogP contribution in [0.1, 0.15) is 31.4 Å². The standard InChI is InChI=1S/C15H23N3O2/c1-3-14(16)11-4-6-13(7-5-11)18-9-8-12(10-18)17-15(19)20-2/h4-7,12,14H,3,8-10,16H2,1-2H3,(H,17,19)/t12?,14-/m1/s1. The molecular formula is C15H23N3O2. The van der Waals surface area contributed by atoms with Crippen molar-refractivity contribution in [2.75, 3.05) is 25.1 Å². The van der Waals surface area contributed by atoms with Crippen molar-refractivity contribution in [2.45, 2.75) is 31.8 Å². The van der Waals surface area contributed by atoms with E-state index in [0.29, 0.717) is 0 Å². The molecule has 0 bridgehead atoms. The number of hydrogen-bond donors (Lipinski definition) is 2. The van der Waals surface area contributed by atoms with E-state index in [-0.39, 0.29) is 18.2 Å². The van der Waals surface area contributed by atoms with Gasteiger partial charge in [0.15, 0.2) is 0 Å². The highest BCUT2D eigenvalue weighted by Crippen LogP contribution is 2.23. The van der Waals surface area contributed by atoms with E-state index in [1.54, 1.807) is 0 Å². The summed E-state index contributed by atoms with van der Waals surface area (Å²) in [7, 11) is 1.39. The highest BCUT2D eigenvalue weighted by Gasteiger charge is 2.24. The SMILES string of the molecule is CC[C@@H](N)c1ccc(N2CCC(NC(=O)OC)C2)cc1. The highest BCUT2D eigenvalue weighted by atomic mass is 16.5. The Morgan fingerprint density at radius 2 is 2.20 bits per heavy atom. The van der Waals surface area contributed by atoms with E-state index in [4.69, 9.17) is 5.73 Å². The van der Waals surface area contributed by atoms with Gasteiger partial charge in [0.2, 0.25) is 0 Å². The van der Waals surface area contributed by atoms with Crippen molar-refractivity contribution < 1.29 is 9.53 Å². The third-order valence-electron chi connectivity index (χ3n) is 3.82. The molecule has 1 aliphatic heterocycles. The molecule has 5 heteroatoms. The zero-order valence-corrected chi connectivity index (χ0v) is 12.1. The monoisotopic (exact) mass is 277 g/mol. The number of nitrogens with two attached hydrogens (primary N) is 1. The van der Waals surface area contributed by atoms with E-state index < -0.39 is 0 Å². The van der Waals surface area contributed by atoms with Crippen molar-refractivity contribution >= 4 is 11.8 Å². The second-order valence-corrected chi connectivity index (χ2v) is 5.17. The smallest absolute Gasteiger partial charge is 0.407 e. The molecule has 5 nitrogen and oxygen atoms in total. The summed E-state index contributed by atoms with van der Waals surface area (Å²) in [4.78, 5) is 13.5. The molecule has 0 saturated carbocycles. The quantitative estimate of drug-likeness (QED) is 0.883. The van der Waals surface area contributed by atoms with Crippen LogP contribution in [0.5, 0.6) is 0 Å². The minimum atomic E-state index is -0.360. The summed E-state index contributed by atoms with van der Waals surface area (Å²) in [6.45, 7) is 3.84. The van der Waals surface area contributed by atoms with Crippen molar-refractivity contribution in [1.29, 1.82) is 0 Å². The molecule has 1 unspecified atom stereocenters. The fourth-order valence-electron chi connectivity index (χ4n) is 2.51. The maximum Gasteiger partial charge on any atom is 0.407 e.